The lowest BCUT2D eigenvalue weighted by atomic mass is 10.1. The number of thiocarbonyl (C=S) groups is 1. The largest absolute Gasteiger partial charge is 0.396 e. The van der Waals surface area contributed by atoms with Crippen LogP contribution in [0.2, 0.25) is 0 Å². The Kier molecular flexibility index (Phi) is 8.50. The third-order valence-electron chi connectivity index (χ3n) is 4.36. The van der Waals surface area contributed by atoms with Crippen LogP contribution < -0.4 is 22.2 Å². The standard InChI is InChI=1S/C18H22BrN5.CH3NS/c19-16-5-1-14(2-6-16)13-23-9-11-24(12-10-23)17-7-3-15(4-8-17)18(20)22-21;2-1-3/h1-8H,9-13,21H2,(H2,20,22);1H,(H2,2,3). The number of anilines is 1. The number of halogens is 1. The zero-order chi connectivity index (χ0) is 19.6. The van der Waals surface area contributed by atoms with Crippen LogP contribution >= 0.6 is 28.1 Å². The molecule has 2 aromatic carbocycles. The van der Waals surface area contributed by atoms with Gasteiger partial charge in [-0.1, -0.05) is 40.3 Å². The van der Waals surface area contributed by atoms with E-state index >= 15 is 0 Å². The summed E-state index contributed by atoms with van der Waals surface area (Å²) in [5, 5.41) is 3.53. The minimum Gasteiger partial charge on any atom is -0.396 e. The topological polar surface area (TPSA) is 96.9 Å². The number of rotatable bonds is 4. The highest BCUT2D eigenvalue weighted by Crippen LogP contribution is 2.19. The third-order valence-corrected chi connectivity index (χ3v) is 4.89. The molecule has 6 N–H and O–H groups in total. The number of hydrogen-bond donors (Lipinski definition) is 3. The molecule has 8 heteroatoms. The van der Waals surface area contributed by atoms with Gasteiger partial charge in [-0.05, 0) is 42.0 Å². The van der Waals surface area contributed by atoms with Gasteiger partial charge in [0, 0.05) is 48.4 Å². The minimum atomic E-state index is 0.362. The van der Waals surface area contributed by atoms with Crippen LogP contribution in [-0.2, 0) is 6.54 Å². The molecule has 1 aliphatic heterocycles. The monoisotopic (exact) mass is 448 g/mol. The van der Waals surface area contributed by atoms with Gasteiger partial charge in [0.2, 0.25) is 0 Å². The molecule has 144 valence electrons. The molecule has 0 aromatic heterocycles. The summed E-state index contributed by atoms with van der Waals surface area (Å²) in [6.45, 7) is 5.17. The summed E-state index contributed by atoms with van der Waals surface area (Å²) in [4.78, 5) is 4.89. The molecule has 27 heavy (non-hydrogen) atoms. The van der Waals surface area contributed by atoms with Gasteiger partial charge in [-0.15, -0.1) is 0 Å². The molecule has 1 fully saturated rings. The van der Waals surface area contributed by atoms with Crippen molar-refractivity contribution in [2.75, 3.05) is 31.1 Å². The van der Waals surface area contributed by atoms with Crippen molar-refractivity contribution >= 4 is 45.2 Å². The Morgan fingerprint density at radius 2 is 1.59 bits per heavy atom. The van der Waals surface area contributed by atoms with Crippen molar-refractivity contribution in [2.45, 2.75) is 6.54 Å². The first-order valence-electron chi connectivity index (χ1n) is 8.58. The van der Waals surface area contributed by atoms with Crippen LogP contribution in [0.15, 0.2) is 58.1 Å². The summed E-state index contributed by atoms with van der Waals surface area (Å²) in [6, 6.07) is 16.7. The molecule has 0 spiro atoms. The molecular weight excluding hydrogens is 424 g/mol. The van der Waals surface area contributed by atoms with E-state index in [1.807, 2.05) is 12.1 Å². The molecule has 0 aliphatic carbocycles. The van der Waals surface area contributed by atoms with E-state index in [-0.39, 0.29) is 0 Å². The molecule has 3 rings (SSSR count). The maximum Gasteiger partial charge on any atom is 0.150 e. The maximum absolute atomic E-state index is 5.73. The molecule has 0 atom stereocenters. The predicted molar refractivity (Wildman–Crippen MR) is 121 cm³/mol. The lowest BCUT2D eigenvalue weighted by Crippen LogP contribution is -2.45. The maximum atomic E-state index is 5.73. The average molecular weight is 449 g/mol. The van der Waals surface area contributed by atoms with Crippen LogP contribution in [0.25, 0.3) is 0 Å². The van der Waals surface area contributed by atoms with E-state index in [0.29, 0.717) is 5.84 Å². The number of hydrazone groups is 1. The van der Waals surface area contributed by atoms with Crippen LogP contribution in [-0.4, -0.2) is 42.4 Å². The molecule has 6 nitrogen and oxygen atoms in total. The van der Waals surface area contributed by atoms with E-state index < -0.39 is 0 Å². The van der Waals surface area contributed by atoms with Gasteiger partial charge in [0.1, 0.15) is 5.84 Å². The molecule has 0 unspecified atom stereocenters. The highest BCUT2D eigenvalue weighted by molar-refractivity contribution is 9.10. The van der Waals surface area contributed by atoms with Crippen molar-refractivity contribution in [3.63, 3.8) is 0 Å². The van der Waals surface area contributed by atoms with Crippen molar-refractivity contribution in [3.8, 4) is 0 Å². The first kappa shape index (κ1) is 21.1. The van der Waals surface area contributed by atoms with Crippen LogP contribution in [0, 0.1) is 0 Å². The Balaban J connectivity index is 0.000000817. The van der Waals surface area contributed by atoms with Gasteiger partial charge >= 0.3 is 0 Å². The van der Waals surface area contributed by atoms with Crippen molar-refractivity contribution < 1.29 is 0 Å². The molecule has 1 heterocycles. The van der Waals surface area contributed by atoms with Crippen LogP contribution in [0.3, 0.4) is 0 Å². The fourth-order valence-electron chi connectivity index (χ4n) is 2.93. The predicted octanol–water partition coefficient (Wildman–Crippen LogP) is 2.25. The van der Waals surface area contributed by atoms with Crippen LogP contribution in [0.1, 0.15) is 11.1 Å². The van der Waals surface area contributed by atoms with Gasteiger partial charge in [-0.2, -0.15) is 5.10 Å². The van der Waals surface area contributed by atoms with Gasteiger partial charge < -0.3 is 22.2 Å². The van der Waals surface area contributed by atoms with Gasteiger partial charge in [0.05, 0.1) is 5.49 Å². The second-order valence-electron chi connectivity index (χ2n) is 6.09. The molecular formula is C19H25BrN6S. The average Bonchev–Trinajstić information content (AvgIpc) is 2.70. The quantitative estimate of drug-likeness (QED) is 0.218. The fraction of sp³-hybridized carbons (Fsp3) is 0.263. The van der Waals surface area contributed by atoms with Crippen molar-refractivity contribution in [1.82, 2.24) is 4.90 Å². The first-order chi connectivity index (χ1) is 13.1. The molecule has 0 bridgehead atoms. The Bertz CT molecular complexity index is 740. The molecule has 0 radical (unpaired) electrons. The minimum absolute atomic E-state index is 0.362. The Morgan fingerprint density at radius 1 is 1.04 bits per heavy atom. The van der Waals surface area contributed by atoms with E-state index in [1.54, 1.807) is 0 Å². The second kappa shape index (κ2) is 10.9. The second-order valence-corrected chi connectivity index (χ2v) is 7.27. The summed E-state index contributed by atoms with van der Waals surface area (Å²) in [5.41, 5.74) is 14.8. The summed E-state index contributed by atoms with van der Waals surface area (Å²) in [5.74, 6) is 5.58. The van der Waals surface area contributed by atoms with Gasteiger partial charge in [-0.3, -0.25) is 4.90 Å². The smallest absolute Gasteiger partial charge is 0.150 e. The fourth-order valence-corrected chi connectivity index (χ4v) is 3.19. The lowest BCUT2D eigenvalue weighted by molar-refractivity contribution is 0.250. The molecule has 1 saturated heterocycles. The summed E-state index contributed by atoms with van der Waals surface area (Å²) in [7, 11) is 0. The number of hydrogen-bond acceptors (Lipinski definition) is 5. The normalized spacial score (nSPS) is 15.0. The van der Waals surface area contributed by atoms with Gasteiger partial charge in [-0.25, -0.2) is 0 Å². The molecule has 2 aromatic rings. The van der Waals surface area contributed by atoms with Crippen molar-refractivity contribution in [1.29, 1.82) is 0 Å². The SMILES string of the molecule is N/N=C(\N)c1ccc(N2CCN(Cc3ccc(Br)cc3)CC2)cc1.NC=S. The Hall–Kier alpha value is -2.16. The number of benzene rings is 2. The highest BCUT2D eigenvalue weighted by Gasteiger charge is 2.17. The molecule has 0 amide bonds. The van der Waals surface area contributed by atoms with Crippen molar-refractivity contribution in [3.05, 3.63) is 64.1 Å². The lowest BCUT2D eigenvalue weighted by Gasteiger charge is -2.36. The summed E-state index contributed by atoms with van der Waals surface area (Å²) < 4.78 is 1.12. The zero-order valence-corrected chi connectivity index (χ0v) is 17.5. The number of nitrogens with zero attached hydrogens (tertiary/aromatic N) is 3. The van der Waals surface area contributed by atoms with E-state index in [4.69, 9.17) is 11.6 Å². The Morgan fingerprint density at radius 3 is 2.11 bits per heavy atom. The number of piperazine rings is 1. The van der Waals surface area contributed by atoms with E-state index in [2.05, 4.69) is 85.2 Å². The number of nitrogens with two attached hydrogens (primary N) is 3. The molecule has 0 saturated carbocycles. The van der Waals surface area contributed by atoms with E-state index in [0.717, 1.165) is 48.3 Å². The van der Waals surface area contributed by atoms with E-state index in [9.17, 15) is 0 Å². The van der Waals surface area contributed by atoms with Gasteiger partial charge in [0.25, 0.3) is 0 Å². The number of amidine groups is 1. The first-order valence-corrected chi connectivity index (χ1v) is 9.84. The van der Waals surface area contributed by atoms with Crippen molar-refractivity contribution in [2.24, 2.45) is 22.4 Å². The highest BCUT2D eigenvalue weighted by atomic mass is 79.9. The zero-order valence-electron chi connectivity index (χ0n) is 15.1. The van der Waals surface area contributed by atoms with E-state index in [1.165, 1.54) is 11.3 Å². The summed E-state index contributed by atoms with van der Waals surface area (Å²) >= 11 is 7.53. The summed E-state index contributed by atoms with van der Waals surface area (Å²) in [6.07, 6.45) is 0. The molecule has 1 aliphatic rings. The Labute approximate surface area is 174 Å². The van der Waals surface area contributed by atoms with Crippen LogP contribution in [0.5, 0.6) is 0 Å². The third kappa shape index (κ3) is 6.50. The van der Waals surface area contributed by atoms with Crippen LogP contribution in [0.4, 0.5) is 5.69 Å². The van der Waals surface area contributed by atoms with Gasteiger partial charge in [0.15, 0.2) is 0 Å².